The molecule has 0 aromatic rings. The molecule has 1 unspecified atom stereocenters. The molecule has 1 aliphatic heterocycles. The van der Waals surface area contributed by atoms with Crippen LogP contribution >= 0.6 is 11.8 Å². The number of thioether (sulfide) groups is 1. The number of carbonyl (C=O) groups is 2. The number of nitrogens with two attached hydrogens (primary N) is 1. The van der Waals surface area contributed by atoms with Crippen LogP contribution in [0.15, 0.2) is 0 Å². The summed E-state index contributed by atoms with van der Waals surface area (Å²) in [5.74, 6) is 1.64. The van der Waals surface area contributed by atoms with Gasteiger partial charge in [-0.3, -0.25) is 9.59 Å². The van der Waals surface area contributed by atoms with E-state index in [0.29, 0.717) is 13.0 Å². The summed E-state index contributed by atoms with van der Waals surface area (Å²) in [5.41, 5.74) is 4.54. The number of nitrogens with one attached hydrogen (secondary N) is 2. The third kappa shape index (κ3) is 4.95. The second kappa shape index (κ2) is 6.26. The third-order valence-electron chi connectivity index (χ3n) is 2.82. The zero-order valence-corrected chi connectivity index (χ0v) is 11.2. The maximum atomic E-state index is 11.7. The fourth-order valence-corrected chi connectivity index (χ4v) is 2.40. The Hall–Kier alpha value is -0.750. The summed E-state index contributed by atoms with van der Waals surface area (Å²) >= 11 is 1.86. The van der Waals surface area contributed by atoms with Gasteiger partial charge in [0, 0.05) is 37.1 Å². The first-order valence-electron chi connectivity index (χ1n) is 5.79. The molecule has 1 saturated heterocycles. The molecule has 1 atom stereocenters. The Bertz CT molecular complexity index is 288. The number of hydrogen-bond acceptors (Lipinski definition) is 4. The molecule has 0 bridgehead atoms. The Kier molecular flexibility index (Phi) is 5.27. The van der Waals surface area contributed by atoms with Crippen molar-refractivity contribution < 1.29 is 9.59 Å². The minimum absolute atomic E-state index is 0.0284. The van der Waals surface area contributed by atoms with Crippen LogP contribution in [-0.2, 0) is 9.59 Å². The lowest BCUT2D eigenvalue weighted by Crippen LogP contribution is -2.45. The smallest absolute Gasteiger partial charge is 0.224 e. The van der Waals surface area contributed by atoms with E-state index in [-0.39, 0.29) is 11.9 Å². The van der Waals surface area contributed by atoms with Crippen LogP contribution in [0.4, 0.5) is 0 Å². The van der Waals surface area contributed by atoms with Crippen molar-refractivity contribution in [1.82, 2.24) is 10.6 Å². The Morgan fingerprint density at radius 2 is 2.24 bits per heavy atom. The lowest BCUT2D eigenvalue weighted by molar-refractivity contribution is -0.127. The summed E-state index contributed by atoms with van der Waals surface area (Å²) in [5, 5.41) is 6.06. The minimum atomic E-state index is -0.690. The molecule has 0 aliphatic carbocycles. The molecule has 1 rings (SSSR count). The lowest BCUT2D eigenvalue weighted by atomic mass is 9.93. The summed E-state index contributed by atoms with van der Waals surface area (Å²) in [6.07, 6.45) is 0.460. The minimum Gasteiger partial charge on any atom is -0.369 e. The summed E-state index contributed by atoms with van der Waals surface area (Å²) < 4.78 is 0. The van der Waals surface area contributed by atoms with E-state index in [4.69, 9.17) is 5.73 Å². The molecular formula is C11H21N3O2S. The highest BCUT2D eigenvalue weighted by Crippen LogP contribution is 2.13. The van der Waals surface area contributed by atoms with Gasteiger partial charge in [0.1, 0.15) is 0 Å². The van der Waals surface area contributed by atoms with E-state index in [1.807, 2.05) is 11.8 Å². The molecule has 1 aliphatic rings. The number of rotatable bonds is 5. The van der Waals surface area contributed by atoms with Crippen LogP contribution in [0, 0.1) is 5.41 Å². The van der Waals surface area contributed by atoms with Crippen LogP contribution < -0.4 is 16.4 Å². The molecule has 5 nitrogen and oxygen atoms in total. The van der Waals surface area contributed by atoms with Gasteiger partial charge in [-0.15, -0.1) is 0 Å². The second-order valence-electron chi connectivity index (χ2n) is 4.95. The molecule has 1 heterocycles. The van der Waals surface area contributed by atoms with Gasteiger partial charge in [0.15, 0.2) is 0 Å². The fraction of sp³-hybridized carbons (Fsp3) is 0.818. The topological polar surface area (TPSA) is 84.2 Å². The molecule has 6 heteroatoms. The van der Waals surface area contributed by atoms with E-state index in [2.05, 4.69) is 10.6 Å². The third-order valence-corrected chi connectivity index (χ3v) is 3.96. The van der Waals surface area contributed by atoms with E-state index < -0.39 is 11.3 Å². The summed E-state index contributed by atoms with van der Waals surface area (Å²) in [6, 6.07) is 0.241. The highest BCUT2D eigenvalue weighted by Gasteiger charge is 2.26. The van der Waals surface area contributed by atoms with Gasteiger partial charge in [0.25, 0.3) is 0 Å². The molecule has 0 aromatic heterocycles. The van der Waals surface area contributed by atoms with Crippen LogP contribution in [0.2, 0.25) is 0 Å². The van der Waals surface area contributed by atoms with E-state index in [9.17, 15) is 9.59 Å². The SMILES string of the molecule is CC(C)(CNC(=O)CC1CSCCN1)C(N)=O. The molecular weight excluding hydrogens is 238 g/mol. The Morgan fingerprint density at radius 1 is 1.53 bits per heavy atom. The van der Waals surface area contributed by atoms with E-state index in [1.54, 1.807) is 13.8 Å². The molecule has 0 spiro atoms. The zero-order valence-electron chi connectivity index (χ0n) is 10.4. The molecule has 2 amide bonds. The maximum absolute atomic E-state index is 11.7. The molecule has 17 heavy (non-hydrogen) atoms. The van der Waals surface area contributed by atoms with Gasteiger partial charge >= 0.3 is 0 Å². The van der Waals surface area contributed by atoms with Crippen LogP contribution in [0.3, 0.4) is 0 Å². The molecule has 4 N–H and O–H groups in total. The van der Waals surface area contributed by atoms with Crippen molar-refractivity contribution in [3.63, 3.8) is 0 Å². The standard InChI is InChI=1S/C11H21N3O2S/c1-11(2,10(12)16)7-14-9(15)5-8-6-17-4-3-13-8/h8,13H,3-7H2,1-2H3,(H2,12,16)(H,14,15). The molecule has 1 fully saturated rings. The van der Waals surface area contributed by atoms with Crippen molar-refractivity contribution >= 4 is 23.6 Å². The first-order valence-corrected chi connectivity index (χ1v) is 6.95. The molecule has 0 radical (unpaired) electrons. The number of carbonyl (C=O) groups excluding carboxylic acids is 2. The van der Waals surface area contributed by atoms with Crippen molar-refractivity contribution in [2.75, 3.05) is 24.6 Å². The molecule has 0 aromatic carbocycles. The number of hydrogen-bond donors (Lipinski definition) is 3. The van der Waals surface area contributed by atoms with Gasteiger partial charge in [0.2, 0.25) is 11.8 Å². The van der Waals surface area contributed by atoms with Crippen molar-refractivity contribution in [2.45, 2.75) is 26.3 Å². The van der Waals surface area contributed by atoms with Gasteiger partial charge in [-0.05, 0) is 13.8 Å². The molecule has 0 saturated carbocycles. The summed E-state index contributed by atoms with van der Waals surface area (Å²) in [6.45, 7) is 4.70. The Labute approximate surface area is 106 Å². The van der Waals surface area contributed by atoms with Crippen LogP contribution in [0.25, 0.3) is 0 Å². The van der Waals surface area contributed by atoms with Gasteiger partial charge in [-0.25, -0.2) is 0 Å². The van der Waals surface area contributed by atoms with Gasteiger partial charge in [-0.2, -0.15) is 11.8 Å². The van der Waals surface area contributed by atoms with Crippen LogP contribution in [0.1, 0.15) is 20.3 Å². The average Bonchev–Trinajstić information content (AvgIpc) is 2.28. The number of primary amides is 1. The predicted octanol–water partition coefficient (Wildman–Crippen LogP) is -0.291. The van der Waals surface area contributed by atoms with E-state index in [0.717, 1.165) is 18.1 Å². The Morgan fingerprint density at radius 3 is 2.76 bits per heavy atom. The predicted molar refractivity (Wildman–Crippen MR) is 69.7 cm³/mol. The first kappa shape index (κ1) is 14.3. The average molecular weight is 259 g/mol. The van der Waals surface area contributed by atoms with Gasteiger partial charge < -0.3 is 16.4 Å². The van der Waals surface area contributed by atoms with Crippen molar-refractivity contribution in [3.8, 4) is 0 Å². The van der Waals surface area contributed by atoms with Crippen LogP contribution in [-0.4, -0.2) is 42.5 Å². The van der Waals surface area contributed by atoms with Gasteiger partial charge in [-0.1, -0.05) is 0 Å². The lowest BCUT2D eigenvalue weighted by Gasteiger charge is -2.24. The highest BCUT2D eigenvalue weighted by atomic mass is 32.2. The summed E-state index contributed by atoms with van der Waals surface area (Å²) in [7, 11) is 0. The summed E-state index contributed by atoms with van der Waals surface area (Å²) in [4.78, 5) is 22.7. The normalized spacial score (nSPS) is 20.9. The highest BCUT2D eigenvalue weighted by molar-refractivity contribution is 7.99. The van der Waals surface area contributed by atoms with E-state index >= 15 is 0 Å². The van der Waals surface area contributed by atoms with Crippen LogP contribution in [0.5, 0.6) is 0 Å². The Balaban J connectivity index is 2.27. The fourth-order valence-electron chi connectivity index (χ4n) is 1.45. The first-order chi connectivity index (χ1) is 7.92. The second-order valence-corrected chi connectivity index (χ2v) is 6.10. The monoisotopic (exact) mass is 259 g/mol. The molecule has 98 valence electrons. The van der Waals surface area contributed by atoms with Crippen molar-refractivity contribution in [1.29, 1.82) is 0 Å². The number of amides is 2. The maximum Gasteiger partial charge on any atom is 0.224 e. The van der Waals surface area contributed by atoms with Crippen molar-refractivity contribution in [2.24, 2.45) is 11.1 Å². The largest absolute Gasteiger partial charge is 0.369 e. The quantitative estimate of drug-likeness (QED) is 0.633. The zero-order chi connectivity index (χ0) is 12.9. The van der Waals surface area contributed by atoms with Gasteiger partial charge in [0.05, 0.1) is 5.41 Å². The van der Waals surface area contributed by atoms with E-state index in [1.165, 1.54) is 0 Å². The van der Waals surface area contributed by atoms with Crippen molar-refractivity contribution in [3.05, 3.63) is 0 Å².